The molecule has 3 aliphatic heterocycles. The van der Waals surface area contributed by atoms with E-state index in [9.17, 15) is 10.2 Å². The first-order valence-electron chi connectivity index (χ1n) is 7.77. The molecular weight excluding hydrogens is 296 g/mol. The van der Waals surface area contributed by atoms with Crippen LogP contribution >= 0.6 is 0 Å². The Morgan fingerprint density at radius 1 is 0.826 bits per heavy atom. The Labute approximate surface area is 133 Å². The Morgan fingerprint density at radius 3 is 2.39 bits per heavy atom. The molecule has 0 spiro atoms. The van der Waals surface area contributed by atoms with Crippen molar-refractivity contribution in [3.63, 3.8) is 0 Å². The highest BCUT2D eigenvalue weighted by Gasteiger charge is 2.50. The molecule has 2 aromatic rings. The first-order chi connectivity index (χ1) is 11.2. The lowest BCUT2D eigenvalue weighted by molar-refractivity contribution is 0.102. The standard InChI is InChI=1S/C18H16O5/c19-12-6-2-4-10(16(12)20)9-3-1-5-11-15(9)18-14(23-18)8-21-7-13-17(11)22-13/h1-6,13-14,17-20H,7-8H2. The van der Waals surface area contributed by atoms with Crippen molar-refractivity contribution in [2.45, 2.75) is 24.4 Å². The van der Waals surface area contributed by atoms with Gasteiger partial charge in [0.05, 0.1) is 13.2 Å². The zero-order chi connectivity index (χ0) is 15.6. The van der Waals surface area contributed by atoms with Gasteiger partial charge in [0.15, 0.2) is 11.5 Å². The van der Waals surface area contributed by atoms with Crippen LogP contribution in [0.5, 0.6) is 11.5 Å². The number of benzene rings is 2. The number of hydrogen-bond donors (Lipinski definition) is 2. The number of phenolic OH excluding ortho intramolecular Hbond substituents is 2. The van der Waals surface area contributed by atoms with E-state index in [2.05, 4.69) is 0 Å². The summed E-state index contributed by atoms with van der Waals surface area (Å²) in [5.74, 6) is -0.234. The van der Waals surface area contributed by atoms with Gasteiger partial charge in [-0.1, -0.05) is 30.3 Å². The Morgan fingerprint density at radius 2 is 1.52 bits per heavy atom. The van der Waals surface area contributed by atoms with E-state index >= 15 is 0 Å². The fraction of sp³-hybridized carbons (Fsp3) is 0.333. The van der Waals surface area contributed by atoms with Crippen LogP contribution in [0.15, 0.2) is 36.4 Å². The molecule has 0 saturated carbocycles. The second-order valence-corrected chi connectivity index (χ2v) is 6.21. The molecule has 0 aliphatic carbocycles. The molecule has 0 aromatic heterocycles. The molecule has 118 valence electrons. The van der Waals surface area contributed by atoms with Gasteiger partial charge >= 0.3 is 0 Å². The van der Waals surface area contributed by atoms with E-state index in [0.717, 1.165) is 16.7 Å². The van der Waals surface area contributed by atoms with E-state index in [1.165, 1.54) is 6.07 Å². The SMILES string of the molecule is Oc1cccc(-c2cccc3c2C2OC2COCC2OC32)c1O. The molecule has 2 N–H and O–H groups in total. The van der Waals surface area contributed by atoms with E-state index in [0.29, 0.717) is 18.8 Å². The minimum Gasteiger partial charge on any atom is -0.504 e. The molecule has 5 heteroatoms. The van der Waals surface area contributed by atoms with Crippen molar-refractivity contribution in [3.05, 3.63) is 47.5 Å². The van der Waals surface area contributed by atoms with Crippen molar-refractivity contribution < 1.29 is 24.4 Å². The summed E-state index contributed by atoms with van der Waals surface area (Å²) >= 11 is 0. The lowest BCUT2D eigenvalue weighted by Gasteiger charge is -2.14. The van der Waals surface area contributed by atoms with Crippen LogP contribution in [0, 0.1) is 0 Å². The molecule has 4 unspecified atom stereocenters. The zero-order valence-corrected chi connectivity index (χ0v) is 12.3. The molecule has 0 bridgehead atoms. The van der Waals surface area contributed by atoms with Crippen molar-refractivity contribution >= 4 is 0 Å². The summed E-state index contributed by atoms with van der Waals surface area (Å²) < 4.78 is 17.2. The number of hydrogen-bond acceptors (Lipinski definition) is 5. The summed E-state index contributed by atoms with van der Waals surface area (Å²) in [6, 6.07) is 10.9. The monoisotopic (exact) mass is 312 g/mol. The first-order valence-corrected chi connectivity index (χ1v) is 7.77. The second kappa shape index (κ2) is 4.71. The molecule has 0 radical (unpaired) electrons. The number of ether oxygens (including phenoxy) is 3. The highest BCUT2D eigenvalue weighted by Crippen LogP contribution is 2.53. The third-order valence-electron chi connectivity index (χ3n) is 4.76. The van der Waals surface area contributed by atoms with Gasteiger partial charge in [-0.15, -0.1) is 0 Å². The predicted molar refractivity (Wildman–Crippen MR) is 81.3 cm³/mol. The number of fused-ring (bicyclic) bond motifs is 5. The average Bonchev–Trinajstić information content (AvgIpc) is 3.46. The molecule has 5 rings (SSSR count). The molecule has 5 nitrogen and oxygen atoms in total. The maximum Gasteiger partial charge on any atom is 0.165 e. The highest BCUT2D eigenvalue weighted by atomic mass is 16.6. The van der Waals surface area contributed by atoms with Crippen LogP contribution in [-0.2, 0) is 14.2 Å². The first kappa shape index (κ1) is 13.4. The summed E-state index contributed by atoms with van der Waals surface area (Å²) in [6.07, 6.45) is 0.115. The molecule has 2 aromatic carbocycles. The maximum absolute atomic E-state index is 10.3. The van der Waals surface area contributed by atoms with E-state index in [4.69, 9.17) is 14.2 Å². The van der Waals surface area contributed by atoms with Crippen molar-refractivity contribution in [1.29, 1.82) is 0 Å². The number of aromatic hydroxyl groups is 2. The summed E-state index contributed by atoms with van der Waals surface area (Å²) in [4.78, 5) is 0. The molecule has 3 heterocycles. The minimum absolute atomic E-state index is 0.0207. The summed E-state index contributed by atoms with van der Waals surface area (Å²) in [7, 11) is 0. The normalized spacial score (nSPS) is 31.0. The number of para-hydroxylation sites is 1. The van der Waals surface area contributed by atoms with E-state index in [-0.39, 0.29) is 35.9 Å². The molecule has 2 fully saturated rings. The largest absolute Gasteiger partial charge is 0.504 e. The lowest BCUT2D eigenvalue weighted by atomic mass is 9.90. The lowest BCUT2D eigenvalue weighted by Crippen LogP contribution is -2.06. The van der Waals surface area contributed by atoms with Gasteiger partial charge in [0, 0.05) is 5.56 Å². The molecule has 23 heavy (non-hydrogen) atoms. The summed E-state index contributed by atoms with van der Waals surface area (Å²) in [6.45, 7) is 1.13. The quantitative estimate of drug-likeness (QED) is 0.625. The van der Waals surface area contributed by atoms with Gasteiger partial charge in [0.25, 0.3) is 0 Å². The van der Waals surface area contributed by atoms with Crippen molar-refractivity contribution in [3.8, 4) is 22.6 Å². The third-order valence-corrected chi connectivity index (χ3v) is 4.76. The van der Waals surface area contributed by atoms with Gasteiger partial charge in [-0.25, -0.2) is 0 Å². The maximum atomic E-state index is 10.3. The number of rotatable bonds is 1. The topological polar surface area (TPSA) is 74.8 Å². The van der Waals surface area contributed by atoms with E-state index in [1.807, 2.05) is 18.2 Å². The Bertz CT molecular complexity index is 787. The van der Waals surface area contributed by atoms with Crippen molar-refractivity contribution in [2.75, 3.05) is 13.2 Å². The van der Waals surface area contributed by atoms with E-state index < -0.39 is 0 Å². The van der Waals surface area contributed by atoms with Crippen LogP contribution in [0.25, 0.3) is 11.1 Å². The van der Waals surface area contributed by atoms with Crippen LogP contribution in [0.1, 0.15) is 23.3 Å². The van der Waals surface area contributed by atoms with Crippen LogP contribution in [-0.4, -0.2) is 35.6 Å². The Kier molecular flexibility index (Phi) is 2.74. The van der Waals surface area contributed by atoms with Crippen LogP contribution in [0.2, 0.25) is 0 Å². The summed E-state index contributed by atoms with van der Waals surface area (Å²) in [5, 5.41) is 20.1. The zero-order valence-electron chi connectivity index (χ0n) is 12.3. The predicted octanol–water partition coefficient (Wildman–Crippen LogP) is 2.67. The second-order valence-electron chi connectivity index (χ2n) is 6.21. The average molecular weight is 312 g/mol. The minimum atomic E-state index is -0.125. The van der Waals surface area contributed by atoms with Gasteiger partial charge in [0.2, 0.25) is 0 Å². The molecule has 4 atom stereocenters. The van der Waals surface area contributed by atoms with Gasteiger partial charge in [-0.3, -0.25) is 0 Å². The van der Waals surface area contributed by atoms with Crippen molar-refractivity contribution in [2.24, 2.45) is 0 Å². The van der Waals surface area contributed by atoms with Crippen LogP contribution in [0.4, 0.5) is 0 Å². The molecule has 2 saturated heterocycles. The fourth-order valence-electron chi connectivity index (χ4n) is 3.50. The molecule has 0 amide bonds. The van der Waals surface area contributed by atoms with E-state index in [1.54, 1.807) is 12.1 Å². The third kappa shape index (κ3) is 2.05. The number of epoxide rings is 2. The van der Waals surface area contributed by atoms with Gasteiger partial charge in [0.1, 0.15) is 24.4 Å². The smallest absolute Gasteiger partial charge is 0.165 e. The van der Waals surface area contributed by atoms with Crippen LogP contribution in [0.3, 0.4) is 0 Å². The summed E-state index contributed by atoms with van der Waals surface area (Å²) in [5.41, 5.74) is 3.61. The highest BCUT2D eigenvalue weighted by molar-refractivity contribution is 5.77. The van der Waals surface area contributed by atoms with Gasteiger partial charge < -0.3 is 24.4 Å². The number of phenols is 2. The van der Waals surface area contributed by atoms with Crippen molar-refractivity contribution in [1.82, 2.24) is 0 Å². The van der Waals surface area contributed by atoms with Gasteiger partial charge in [-0.2, -0.15) is 0 Å². The molecule has 3 aliphatic rings. The molecular formula is C18H16O5. The Balaban J connectivity index is 1.70. The fourth-order valence-corrected chi connectivity index (χ4v) is 3.50. The van der Waals surface area contributed by atoms with Crippen LogP contribution < -0.4 is 0 Å². The Hall–Kier alpha value is -2.08. The van der Waals surface area contributed by atoms with Gasteiger partial charge in [-0.05, 0) is 22.8 Å².